The van der Waals surface area contributed by atoms with Gasteiger partial charge in [-0.3, -0.25) is 0 Å². The van der Waals surface area contributed by atoms with E-state index >= 15 is 0 Å². The molecule has 4 nitrogen and oxygen atoms in total. The normalized spacial score (nSPS) is 10.9. The lowest BCUT2D eigenvalue weighted by Gasteiger charge is -2.06. The van der Waals surface area contributed by atoms with Gasteiger partial charge in [0.05, 0.1) is 11.0 Å². The predicted molar refractivity (Wildman–Crippen MR) is 124 cm³/mol. The fraction of sp³-hybridized carbons (Fsp3) is 0.0741. The summed E-state index contributed by atoms with van der Waals surface area (Å²) in [6, 6.07) is 29.8. The molecule has 0 spiro atoms. The summed E-state index contributed by atoms with van der Waals surface area (Å²) in [6.45, 7) is 4.12. The lowest BCUT2D eigenvalue weighted by atomic mass is 10.2. The summed E-state index contributed by atoms with van der Waals surface area (Å²) in [6.07, 6.45) is 0. The molecule has 0 saturated heterocycles. The molecule has 0 aliphatic rings. The number of aryl methyl sites for hydroxylation is 2. The van der Waals surface area contributed by atoms with Gasteiger partial charge in [-0.1, -0.05) is 35.4 Å². The van der Waals surface area contributed by atoms with E-state index in [1.165, 1.54) is 11.1 Å². The molecule has 1 aromatic heterocycles. The molecule has 0 bridgehead atoms. The molecule has 0 amide bonds. The first-order chi connectivity index (χ1) is 15.1. The third-order valence-electron chi connectivity index (χ3n) is 5.09. The van der Waals surface area contributed by atoms with Gasteiger partial charge in [-0.25, -0.2) is 4.98 Å². The molecule has 152 valence electrons. The van der Waals surface area contributed by atoms with Crippen molar-refractivity contribution >= 4 is 11.0 Å². The first-order valence-electron chi connectivity index (χ1n) is 10.2. The molecule has 31 heavy (non-hydrogen) atoms. The number of hydrogen-bond donors (Lipinski definition) is 1. The second kappa shape index (κ2) is 8.00. The van der Waals surface area contributed by atoms with Crippen LogP contribution in [0.4, 0.5) is 0 Å². The number of ether oxygens (including phenoxy) is 2. The lowest BCUT2D eigenvalue weighted by Crippen LogP contribution is -1.85. The van der Waals surface area contributed by atoms with Gasteiger partial charge in [-0.05, 0) is 74.5 Å². The van der Waals surface area contributed by atoms with Gasteiger partial charge >= 0.3 is 0 Å². The third-order valence-corrected chi connectivity index (χ3v) is 5.09. The molecule has 0 radical (unpaired) electrons. The highest BCUT2D eigenvalue weighted by Crippen LogP contribution is 2.29. The van der Waals surface area contributed by atoms with Crippen molar-refractivity contribution in [2.75, 3.05) is 0 Å². The highest BCUT2D eigenvalue weighted by atomic mass is 16.5. The van der Waals surface area contributed by atoms with E-state index in [2.05, 4.69) is 18.8 Å². The molecule has 4 aromatic carbocycles. The Morgan fingerprint density at radius 3 is 1.65 bits per heavy atom. The Labute approximate surface area is 181 Å². The standard InChI is InChI=1S/C27H22N2O2/c1-18-3-9-21(10-4-18)30-23-13-7-20(8-14-23)27-28-25-16-15-24(17-26(25)29-27)31-22-11-5-19(2)6-12-22/h3-17H,1-2H3,(H,28,29). The van der Waals surface area contributed by atoms with E-state index in [9.17, 15) is 0 Å². The highest BCUT2D eigenvalue weighted by Gasteiger charge is 2.08. The number of nitrogens with one attached hydrogen (secondary N) is 1. The van der Waals surface area contributed by atoms with Crippen LogP contribution >= 0.6 is 0 Å². The molecular formula is C27H22N2O2. The molecule has 0 aliphatic heterocycles. The Kier molecular flexibility index (Phi) is 4.89. The molecule has 1 N–H and O–H groups in total. The van der Waals surface area contributed by atoms with Crippen molar-refractivity contribution in [2.45, 2.75) is 13.8 Å². The topological polar surface area (TPSA) is 47.1 Å². The number of aromatic nitrogens is 2. The van der Waals surface area contributed by atoms with Gasteiger partial charge in [0, 0.05) is 11.6 Å². The van der Waals surface area contributed by atoms with Crippen LogP contribution < -0.4 is 9.47 Å². The van der Waals surface area contributed by atoms with Crippen LogP contribution in [0.25, 0.3) is 22.4 Å². The van der Waals surface area contributed by atoms with Crippen molar-refractivity contribution in [1.29, 1.82) is 0 Å². The van der Waals surface area contributed by atoms with Crippen LogP contribution in [0, 0.1) is 13.8 Å². The zero-order valence-corrected chi connectivity index (χ0v) is 17.4. The fourth-order valence-corrected chi connectivity index (χ4v) is 3.35. The van der Waals surface area contributed by atoms with E-state index < -0.39 is 0 Å². The van der Waals surface area contributed by atoms with Gasteiger partial charge < -0.3 is 14.5 Å². The highest BCUT2D eigenvalue weighted by molar-refractivity contribution is 5.80. The Hall–Kier alpha value is -4.05. The maximum Gasteiger partial charge on any atom is 0.138 e. The van der Waals surface area contributed by atoms with Crippen LogP contribution in [0.3, 0.4) is 0 Å². The van der Waals surface area contributed by atoms with Crippen molar-refractivity contribution in [3.8, 4) is 34.4 Å². The summed E-state index contributed by atoms with van der Waals surface area (Å²) < 4.78 is 11.9. The van der Waals surface area contributed by atoms with Gasteiger partial charge in [-0.15, -0.1) is 0 Å². The molecule has 5 rings (SSSR count). The molecule has 0 aliphatic carbocycles. The summed E-state index contributed by atoms with van der Waals surface area (Å²) in [5, 5.41) is 0. The van der Waals surface area contributed by atoms with Crippen molar-refractivity contribution in [3.63, 3.8) is 0 Å². The van der Waals surface area contributed by atoms with Crippen molar-refractivity contribution in [2.24, 2.45) is 0 Å². The van der Waals surface area contributed by atoms with E-state index in [4.69, 9.17) is 14.5 Å². The first kappa shape index (κ1) is 18.9. The summed E-state index contributed by atoms with van der Waals surface area (Å²) >= 11 is 0. The van der Waals surface area contributed by atoms with Gasteiger partial charge in [0.15, 0.2) is 0 Å². The number of benzene rings is 4. The number of rotatable bonds is 5. The molecule has 0 unspecified atom stereocenters. The number of imidazole rings is 1. The first-order valence-corrected chi connectivity index (χ1v) is 10.2. The maximum absolute atomic E-state index is 5.97. The molecule has 0 atom stereocenters. The number of nitrogens with zero attached hydrogens (tertiary/aromatic N) is 1. The van der Waals surface area contributed by atoms with Gasteiger partial charge in [0.1, 0.15) is 28.8 Å². The van der Waals surface area contributed by atoms with E-state index in [1.54, 1.807) is 0 Å². The smallest absolute Gasteiger partial charge is 0.138 e. The van der Waals surface area contributed by atoms with Crippen molar-refractivity contribution < 1.29 is 9.47 Å². The third kappa shape index (κ3) is 4.28. The van der Waals surface area contributed by atoms with Gasteiger partial charge in [0.25, 0.3) is 0 Å². The van der Waals surface area contributed by atoms with Crippen LogP contribution in [0.15, 0.2) is 91.0 Å². The minimum atomic E-state index is 0.772. The van der Waals surface area contributed by atoms with E-state index in [1.807, 2.05) is 91.0 Å². The zero-order valence-electron chi connectivity index (χ0n) is 17.4. The van der Waals surface area contributed by atoms with Crippen LogP contribution in [-0.2, 0) is 0 Å². The molecule has 0 fully saturated rings. The van der Waals surface area contributed by atoms with Crippen molar-refractivity contribution in [1.82, 2.24) is 9.97 Å². The average molecular weight is 406 g/mol. The van der Waals surface area contributed by atoms with Crippen molar-refractivity contribution in [3.05, 3.63) is 102 Å². The van der Waals surface area contributed by atoms with Crippen LogP contribution in [0.5, 0.6) is 23.0 Å². The minimum Gasteiger partial charge on any atom is -0.457 e. The summed E-state index contributed by atoms with van der Waals surface area (Å²) in [7, 11) is 0. The monoisotopic (exact) mass is 406 g/mol. The summed E-state index contributed by atoms with van der Waals surface area (Å²) in [5.41, 5.74) is 5.23. The average Bonchev–Trinajstić information content (AvgIpc) is 3.21. The van der Waals surface area contributed by atoms with Crippen LogP contribution in [-0.4, -0.2) is 9.97 Å². The fourth-order valence-electron chi connectivity index (χ4n) is 3.35. The second-order valence-electron chi connectivity index (χ2n) is 7.62. The van der Waals surface area contributed by atoms with Gasteiger partial charge in [0.2, 0.25) is 0 Å². The second-order valence-corrected chi connectivity index (χ2v) is 7.62. The molecule has 0 saturated carbocycles. The number of fused-ring (bicyclic) bond motifs is 1. The molecule has 1 heterocycles. The number of H-pyrrole nitrogens is 1. The predicted octanol–water partition coefficient (Wildman–Crippen LogP) is 7.43. The summed E-state index contributed by atoms with van der Waals surface area (Å²) in [5.74, 6) is 4.01. The molecule has 5 aromatic rings. The van der Waals surface area contributed by atoms with Crippen LogP contribution in [0.2, 0.25) is 0 Å². The van der Waals surface area contributed by atoms with E-state index in [0.717, 1.165) is 45.4 Å². The van der Waals surface area contributed by atoms with Gasteiger partial charge in [-0.2, -0.15) is 0 Å². The van der Waals surface area contributed by atoms with E-state index in [-0.39, 0.29) is 0 Å². The molecule has 4 heteroatoms. The van der Waals surface area contributed by atoms with E-state index in [0.29, 0.717) is 0 Å². The Bertz CT molecular complexity index is 1320. The number of aromatic amines is 1. The number of hydrogen-bond acceptors (Lipinski definition) is 3. The Balaban J connectivity index is 1.34. The Morgan fingerprint density at radius 2 is 1.06 bits per heavy atom. The zero-order chi connectivity index (χ0) is 21.2. The SMILES string of the molecule is Cc1ccc(Oc2ccc(-c3nc4ccc(Oc5ccc(C)cc5)cc4[nH]3)cc2)cc1. The maximum atomic E-state index is 5.97. The minimum absolute atomic E-state index is 0.772. The lowest BCUT2D eigenvalue weighted by molar-refractivity contribution is 0.482. The molecular weight excluding hydrogens is 384 g/mol. The van der Waals surface area contributed by atoms with Crippen LogP contribution in [0.1, 0.15) is 11.1 Å². The largest absolute Gasteiger partial charge is 0.457 e. The quantitative estimate of drug-likeness (QED) is 0.330. The Morgan fingerprint density at radius 1 is 0.581 bits per heavy atom. The summed E-state index contributed by atoms with van der Waals surface area (Å²) in [4.78, 5) is 8.10.